The Morgan fingerprint density at radius 3 is 2.53 bits per heavy atom. The summed E-state index contributed by atoms with van der Waals surface area (Å²) in [6, 6.07) is 0.0820. The molecular weight excluding hydrogens is 240 g/mol. The van der Waals surface area contributed by atoms with Crippen LogP contribution in [0.4, 0.5) is 0 Å². The Morgan fingerprint density at radius 1 is 1.29 bits per heavy atom. The van der Waals surface area contributed by atoms with Crippen LogP contribution in [-0.2, 0) is 14.6 Å². The highest BCUT2D eigenvalue weighted by atomic mass is 32.2. The molecule has 1 unspecified atom stereocenters. The van der Waals surface area contributed by atoms with Crippen LogP contribution >= 0.6 is 0 Å². The predicted octanol–water partition coefficient (Wildman–Crippen LogP) is 0.0679. The highest BCUT2D eigenvalue weighted by molar-refractivity contribution is 7.92. The van der Waals surface area contributed by atoms with Crippen LogP contribution in [0.1, 0.15) is 33.1 Å². The topological polar surface area (TPSA) is 75.3 Å². The summed E-state index contributed by atoms with van der Waals surface area (Å²) in [6.45, 7) is 4.73. The van der Waals surface area contributed by atoms with Crippen molar-refractivity contribution in [2.45, 2.75) is 43.9 Å². The third-order valence-electron chi connectivity index (χ3n) is 3.38. The quantitative estimate of drug-likeness (QED) is 0.754. The van der Waals surface area contributed by atoms with Gasteiger partial charge >= 0.3 is 0 Å². The number of nitrogens with one attached hydrogen (secondary N) is 2. The van der Waals surface area contributed by atoms with Crippen LogP contribution < -0.4 is 10.6 Å². The molecule has 0 saturated carbocycles. The molecule has 0 aromatic carbocycles. The van der Waals surface area contributed by atoms with E-state index in [1.54, 1.807) is 0 Å². The average molecular weight is 262 g/mol. The average Bonchev–Trinajstić information content (AvgIpc) is 2.44. The van der Waals surface area contributed by atoms with Gasteiger partial charge in [0.25, 0.3) is 0 Å². The molecule has 100 valence electrons. The van der Waals surface area contributed by atoms with E-state index in [1.165, 1.54) is 13.8 Å². The smallest absolute Gasteiger partial charge is 0.241 e. The lowest BCUT2D eigenvalue weighted by Crippen LogP contribution is -2.50. The Balaban J connectivity index is 2.65. The molecular formula is C11H22N2O3S. The van der Waals surface area contributed by atoms with Crippen LogP contribution in [0, 0.1) is 0 Å². The van der Waals surface area contributed by atoms with Gasteiger partial charge in [-0.1, -0.05) is 0 Å². The molecule has 6 heteroatoms. The maximum Gasteiger partial charge on any atom is 0.241 e. The minimum atomic E-state index is -3.39. The normalized spacial score (nSPS) is 22.9. The minimum Gasteiger partial charge on any atom is -0.352 e. The molecule has 0 spiro atoms. The summed E-state index contributed by atoms with van der Waals surface area (Å²) in [5.74, 6) is -0.396. The monoisotopic (exact) mass is 262 g/mol. The first-order chi connectivity index (χ1) is 7.75. The largest absolute Gasteiger partial charge is 0.352 e. The Bertz CT molecular complexity index is 368. The molecule has 1 fully saturated rings. The second-order valence-electron chi connectivity index (χ2n) is 5.13. The molecule has 1 aliphatic rings. The number of carbonyl (C=O) groups excluding carboxylic acids is 1. The van der Waals surface area contributed by atoms with Crippen molar-refractivity contribution < 1.29 is 13.2 Å². The lowest BCUT2D eigenvalue weighted by molar-refractivity contribution is -0.123. The molecule has 1 amide bonds. The van der Waals surface area contributed by atoms with Gasteiger partial charge in [-0.2, -0.15) is 0 Å². The molecule has 0 radical (unpaired) electrons. The number of hydrogen-bond acceptors (Lipinski definition) is 4. The fourth-order valence-corrected chi connectivity index (χ4v) is 2.09. The zero-order valence-electron chi connectivity index (χ0n) is 10.7. The number of sulfone groups is 1. The molecule has 17 heavy (non-hydrogen) atoms. The van der Waals surface area contributed by atoms with E-state index in [1.807, 2.05) is 0 Å². The molecule has 2 N–H and O–H groups in total. The van der Waals surface area contributed by atoms with Crippen molar-refractivity contribution in [3.05, 3.63) is 0 Å². The second-order valence-corrected chi connectivity index (χ2v) is 7.70. The Morgan fingerprint density at radius 2 is 1.94 bits per heavy atom. The Kier molecular flexibility index (Phi) is 4.55. The summed E-state index contributed by atoms with van der Waals surface area (Å²) < 4.78 is 21.7. The van der Waals surface area contributed by atoms with Crippen molar-refractivity contribution in [1.29, 1.82) is 0 Å². The third kappa shape index (κ3) is 3.67. The number of amides is 1. The summed E-state index contributed by atoms with van der Waals surface area (Å²) in [4.78, 5) is 12.0. The summed E-state index contributed by atoms with van der Waals surface area (Å²) >= 11 is 0. The fraction of sp³-hybridized carbons (Fsp3) is 0.909. The lowest BCUT2D eigenvalue weighted by atomic mass is 10.1. The fourth-order valence-electron chi connectivity index (χ4n) is 1.69. The zero-order valence-corrected chi connectivity index (χ0v) is 11.6. The van der Waals surface area contributed by atoms with E-state index in [2.05, 4.69) is 10.6 Å². The summed E-state index contributed by atoms with van der Waals surface area (Å²) in [7, 11) is -3.39. The molecule has 1 heterocycles. The van der Waals surface area contributed by atoms with Crippen molar-refractivity contribution in [1.82, 2.24) is 10.6 Å². The van der Waals surface area contributed by atoms with Gasteiger partial charge in [0, 0.05) is 12.3 Å². The van der Waals surface area contributed by atoms with E-state index in [0.717, 1.165) is 38.6 Å². The van der Waals surface area contributed by atoms with Gasteiger partial charge in [-0.05, 0) is 46.2 Å². The third-order valence-corrected chi connectivity index (χ3v) is 5.42. The van der Waals surface area contributed by atoms with Crippen LogP contribution in [-0.4, -0.2) is 44.5 Å². The summed E-state index contributed by atoms with van der Waals surface area (Å²) in [6.07, 6.45) is 3.86. The van der Waals surface area contributed by atoms with Gasteiger partial charge in [0.2, 0.25) is 5.91 Å². The van der Waals surface area contributed by atoms with E-state index in [0.29, 0.717) is 0 Å². The van der Waals surface area contributed by atoms with E-state index in [9.17, 15) is 13.2 Å². The summed E-state index contributed by atoms with van der Waals surface area (Å²) in [5.41, 5.74) is 0. The van der Waals surface area contributed by atoms with Crippen molar-refractivity contribution in [2.24, 2.45) is 0 Å². The van der Waals surface area contributed by atoms with Crippen LogP contribution in [0.2, 0.25) is 0 Å². The van der Waals surface area contributed by atoms with Gasteiger partial charge in [0.15, 0.2) is 9.84 Å². The van der Waals surface area contributed by atoms with E-state index >= 15 is 0 Å². The minimum absolute atomic E-state index is 0.0820. The van der Waals surface area contributed by atoms with Crippen LogP contribution in [0.25, 0.3) is 0 Å². The highest BCUT2D eigenvalue weighted by Crippen LogP contribution is 2.16. The van der Waals surface area contributed by atoms with Crippen LogP contribution in [0.5, 0.6) is 0 Å². The molecule has 0 aliphatic carbocycles. The molecule has 1 atom stereocenters. The van der Waals surface area contributed by atoms with Crippen LogP contribution in [0.15, 0.2) is 0 Å². The molecule has 0 aromatic heterocycles. The second kappa shape index (κ2) is 5.35. The van der Waals surface area contributed by atoms with E-state index < -0.39 is 20.5 Å². The SMILES string of the molecule is CC(C)(C(=O)NC1CCCNCC1)S(C)(=O)=O. The van der Waals surface area contributed by atoms with Gasteiger partial charge < -0.3 is 10.6 Å². The molecule has 5 nitrogen and oxygen atoms in total. The van der Waals surface area contributed by atoms with Gasteiger partial charge in [-0.25, -0.2) is 8.42 Å². The number of carbonyl (C=O) groups is 1. The van der Waals surface area contributed by atoms with Crippen molar-refractivity contribution in [2.75, 3.05) is 19.3 Å². The lowest BCUT2D eigenvalue weighted by Gasteiger charge is -2.25. The first-order valence-electron chi connectivity index (χ1n) is 5.96. The Hall–Kier alpha value is -0.620. The van der Waals surface area contributed by atoms with Crippen molar-refractivity contribution in [3.63, 3.8) is 0 Å². The van der Waals surface area contributed by atoms with Gasteiger partial charge in [0.1, 0.15) is 4.75 Å². The van der Waals surface area contributed by atoms with Gasteiger partial charge in [0.05, 0.1) is 0 Å². The molecule has 0 bridgehead atoms. The predicted molar refractivity (Wildman–Crippen MR) is 67.6 cm³/mol. The van der Waals surface area contributed by atoms with Crippen molar-refractivity contribution >= 4 is 15.7 Å². The standard InChI is InChI=1S/C11H22N2O3S/c1-11(2,17(3,15)16)10(14)13-9-5-4-7-12-8-6-9/h9,12H,4-8H2,1-3H3,(H,13,14). The van der Waals surface area contributed by atoms with E-state index in [-0.39, 0.29) is 6.04 Å². The Labute approximate surface area is 103 Å². The molecule has 1 saturated heterocycles. The van der Waals surface area contributed by atoms with Gasteiger partial charge in [-0.15, -0.1) is 0 Å². The first kappa shape index (κ1) is 14.4. The highest BCUT2D eigenvalue weighted by Gasteiger charge is 2.39. The molecule has 1 rings (SSSR count). The van der Waals surface area contributed by atoms with Crippen molar-refractivity contribution in [3.8, 4) is 0 Å². The van der Waals surface area contributed by atoms with E-state index in [4.69, 9.17) is 0 Å². The summed E-state index contributed by atoms with van der Waals surface area (Å²) in [5, 5.41) is 6.10. The number of rotatable bonds is 3. The van der Waals surface area contributed by atoms with Crippen LogP contribution in [0.3, 0.4) is 0 Å². The maximum atomic E-state index is 12.0. The maximum absolute atomic E-state index is 12.0. The number of hydrogen-bond donors (Lipinski definition) is 2. The van der Waals surface area contributed by atoms with Gasteiger partial charge in [-0.3, -0.25) is 4.79 Å². The molecule has 0 aromatic rings. The molecule has 1 aliphatic heterocycles. The first-order valence-corrected chi connectivity index (χ1v) is 7.85. The zero-order chi connectivity index (χ0) is 13.1.